The minimum Gasteiger partial charge on any atom is -0.475 e. The summed E-state index contributed by atoms with van der Waals surface area (Å²) in [6.45, 7) is 8.25. The second-order valence-corrected chi connectivity index (χ2v) is 3.78. The zero-order valence-corrected chi connectivity index (χ0v) is 10.4. The molecule has 0 aromatic carbocycles. The molecule has 1 rings (SSSR count). The second kappa shape index (κ2) is 7.23. The van der Waals surface area contributed by atoms with E-state index in [0.717, 1.165) is 13.0 Å². The third-order valence-electron chi connectivity index (χ3n) is 2.62. The number of pyridine rings is 1. The van der Waals surface area contributed by atoms with Gasteiger partial charge in [0.2, 0.25) is 5.88 Å². The first kappa shape index (κ1) is 13.0. The van der Waals surface area contributed by atoms with Crippen LogP contribution in [0.25, 0.3) is 0 Å². The molecule has 0 saturated heterocycles. The highest BCUT2D eigenvalue weighted by Crippen LogP contribution is 2.19. The van der Waals surface area contributed by atoms with Gasteiger partial charge in [0.05, 0.1) is 6.61 Å². The summed E-state index contributed by atoms with van der Waals surface area (Å²) >= 11 is 0. The van der Waals surface area contributed by atoms with Crippen molar-refractivity contribution in [1.82, 2.24) is 4.98 Å². The molecule has 0 N–H and O–H groups in total. The Balaban J connectivity index is 2.39. The van der Waals surface area contributed by atoms with Crippen LogP contribution in [-0.4, -0.2) is 24.8 Å². The van der Waals surface area contributed by atoms with E-state index < -0.39 is 0 Å². The lowest BCUT2D eigenvalue weighted by molar-refractivity contribution is 0.108. The third kappa shape index (κ3) is 4.19. The molecule has 0 radical (unpaired) electrons. The Kier molecular flexibility index (Phi) is 5.86. The lowest BCUT2D eigenvalue weighted by atomic mass is 10.0. The number of hydrogen-bond acceptors (Lipinski definition) is 3. The molecule has 0 bridgehead atoms. The molecule has 1 aromatic heterocycles. The SMILES string of the molecule is CCOCCOc1ccc(C(C)CC)cn1. The van der Waals surface area contributed by atoms with Crippen LogP contribution in [0.15, 0.2) is 18.3 Å². The van der Waals surface area contributed by atoms with Crippen LogP contribution in [0.1, 0.15) is 38.7 Å². The van der Waals surface area contributed by atoms with E-state index in [2.05, 4.69) is 24.9 Å². The summed E-state index contributed by atoms with van der Waals surface area (Å²) < 4.78 is 10.6. The summed E-state index contributed by atoms with van der Waals surface area (Å²) in [6.07, 6.45) is 3.02. The average Bonchev–Trinajstić information content (AvgIpc) is 2.34. The van der Waals surface area contributed by atoms with Crippen molar-refractivity contribution in [3.8, 4) is 5.88 Å². The van der Waals surface area contributed by atoms with Crippen LogP contribution in [0.2, 0.25) is 0 Å². The molecule has 0 aliphatic carbocycles. The topological polar surface area (TPSA) is 31.4 Å². The molecule has 0 fully saturated rings. The molecule has 90 valence electrons. The third-order valence-corrected chi connectivity index (χ3v) is 2.62. The molecule has 1 atom stereocenters. The summed E-state index contributed by atoms with van der Waals surface area (Å²) in [7, 11) is 0. The summed E-state index contributed by atoms with van der Waals surface area (Å²) in [4.78, 5) is 4.27. The smallest absolute Gasteiger partial charge is 0.213 e. The Morgan fingerprint density at radius 2 is 2.06 bits per heavy atom. The molecule has 0 aliphatic heterocycles. The summed E-state index contributed by atoms with van der Waals surface area (Å²) in [5.41, 5.74) is 1.26. The Labute approximate surface area is 97.8 Å². The van der Waals surface area contributed by atoms with Crippen molar-refractivity contribution >= 4 is 0 Å². The van der Waals surface area contributed by atoms with Crippen LogP contribution in [0.4, 0.5) is 0 Å². The van der Waals surface area contributed by atoms with Gasteiger partial charge < -0.3 is 9.47 Å². The second-order valence-electron chi connectivity index (χ2n) is 3.78. The van der Waals surface area contributed by atoms with Gasteiger partial charge in [-0.05, 0) is 24.8 Å². The van der Waals surface area contributed by atoms with E-state index in [1.54, 1.807) is 0 Å². The average molecular weight is 223 g/mol. The van der Waals surface area contributed by atoms with Crippen molar-refractivity contribution in [2.75, 3.05) is 19.8 Å². The summed E-state index contributed by atoms with van der Waals surface area (Å²) in [6, 6.07) is 4.00. The Hall–Kier alpha value is -1.09. The maximum absolute atomic E-state index is 5.44. The van der Waals surface area contributed by atoms with Gasteiger partial charge in [0, 0.05) is 18.9 Å². The number of rotatable bonds is 7. The van der Waals surface area contributed by atoms with Crippen LogP contribution >= 0.6 is 0 Å². The first-order valence-electron chi connectivity index (χ1n) is 5.94. The van der Waals surface area contributed by atoms with Crippen molar-refractivity contribution in [2.24, 2.45) is 0 Å². The van der Waals surface area contributed by atoms with Crippen molar-refractivity contribution in [1.29, 1.82) is 0 Å². The molecule has 0 saturated carbocycles. The molecule has 3 heteroatoms. The molecule has 0 spiro atoms. The maximum Gasteiger partial charge on any atom is 0.213 e. The fraction of sp³-hybridized carbons (Fsp3) is 0.615. The van der Waals surface area contributed by atoms with Gasteiger partial charge >= 0.3 is 0 Å². The lowest BCUT2D eigenvalue weighted by Gasteiger charge is -2.09. The van der Waals surface area contributed by atoms with Gasteiger partial charge in [-0.2, -0.15) is 0 Å². The van der Waals surface area contributed by atoms with E-state index in [1.807, 2.05) is 19.2 Å². The normalized spacial score (nSPS) is 12.4. The molecular weight excluding hydrogens is 202 g/mol. The minimum absolute atomic E-state index is 0.559. The number of aromatic nitrogens is 1. The standard InChI is InChI=1S/C13H21NO2/c1-4-11(3)12-6-7-13(14-10-12)16-9-8-15-5-2/h6-7,10-11H,4-5,8-9H2,1-3H3. The lowest BCUT2D eigenvalue weighted by Crippen LogP contribution is -2.07. The fourth-order valence-corrected chi connectivity index (χ4v) is 1.35. The quantitative estimate of drug-likeness (QED) is 0.666. The van der Waals surface area contributed by atoms with Crippen molar-refractivity contribution in [2.45, 2.75) is 33.1 Å². The first-order valence-corrected chi connectivity index (χ1v) is 5.94. The number of nitrogens with zero attached hydrogens (tertiary/aromatic N) is 1. The van der Waals surface area contributed by atoms with E-state index in [0.29, 0.717) is 25.0 Å². The van der Waals surface area contributed by atoms with E-state index in [-0.39, 0.29) is 0 Å². The minimum atomic E-state index is 0.559. The summed E-state index contributed by atoms with van der Waals surface area (Å²) in [5, 5.41) is 0. The fourth-order valence-electron chi connectivity index (χ4n) is 1.35. The Bertz CT molecular complexity index is 284. The zero-order valence-electron chi connectivity index (χ0n) is 10.4. The van der Waals surface area contributed by atoms with Gasteiger partial charge in [-0.3, -0.25) is 0 Å². The molecule has 1 aromatic rings. The maximum atomic E-state index is 5.44. The molecule has 16 heavy (non-hydrogen) atoms. The van der Waals surface area contributed by atoms with Crippen molar-refractivity contribution in [3.05, 3.63) is 23.9 Å². The largest absolute Gasteiger partial charge is 0.475 e. The predicted molar refractivity (Wildman–Crippen MR) is 64.9 cm³/mol. The van der Waals surface area contributed by atoms with Gasteiger partial charge in [-0.25, -0.2) is 4.98 Å². The number of ether oxygens (including phenoxy) is 2. The van der Waals surface area contributed by atoms with Gasteiger partial charge in [0.1, 0.15) is 6.61 Å². The predicted octanol–water partition coefficient (Wildman–Crippen LogP) is 3.01. The van der Waals surface area contributed by atoms with Crippen LogP contribution in [0.3, 0.4) is 0 Å². The van der Waals surface area contributed by atoms with Gasteiger partial charge in [0.25, 0.3) is 0 Å². The Morgan fingerprint density at radius 1 is 1.25 bits per heavy atom. The highest BCUT2D eigenvalue weighted by atomic mass is 16.5. The van der Waals surface area contributed by atoms with Crippen LogP contribution in [0, 0.1) is 0 Å². The molecule has 1 unspecified atom stereocenters. The van der Waals surface area contributed by atoms with E-state index >= 15 is 0 Å². The monoisotopic (exact) mass is 223 g/mol. The highest BCUT2D eigenvalue weighted by Gasteiger charge is 2.03. The molecule has 1 heterocycles. The van der Waals surface area contributed by atoms with Gasteiger partial charge in [-0.15, -0.1) is 0 Å². The van der Waals surface area contributed by atoms with Crippen LogP contribution in [-0.2, 0) is 4.74 Å². The summed E-state index contributed by atoms with van der Waals surface area (Å²) in [5.74, 6) is 1.23. The van der Waals surface area contributed by atoms with Gasteiger partial charge in [-0.1, -0.05) is 19.9 Å². The highest BCUT2D eigenvalue weighted by molar-refractivity contribution is 5.20. The van der Waals surface area contributed by atoms with Crippen molar-refractivity contribution in [3.63, 3.8) is 0 Å². The molecule has 3 nitrogen and oxygen atoms in total. The van der Waals surface area contributed by atoms with E-state index in [9.17, 15) is 0 Å². The molecule has 0 aliphatic rings. The number of hydrogen-bond donors (Lipinski definition) is 0. The van der Waals surface area contributed by atoms with E-state index in [1.165, 1.54) is 5.56 Å². The van der Waals surface area contributed by atoms with E-state index in [4.69, 9.17) is 9.47 Å². The first-order chi connectivity index (χ1) is 7.77. The van der Waals surface area contributed by atoms with Gasteiger partial charge in [0.15, 0.2) is 0 Å². The van der Waals surface area contributed by atoms with Crippen molar-refractivity contribution < 1.29 is 9.47 Å². The molecule has 0 amide bonds. The molecular formula is C13H21NO2. The van der Waals surface area contributed by atoms with Crippen LogP contribution in [0.5, 0.6) is 5.88 Å². The van der Waals surface area contributed by atoms with Crippen LogP contribution < -0.4 is 4.74 Å². The zero-order chi connectivity index (χ0) is 11.8. The Morgan fingerprint density at radius 3 is 2.62 bits per heavy atom.